The Morgan fingerprint density at radius 3 is 2.59 bits per heavy atom. The van der Waals surface area contributed by atoms with Crippen molar-refractivity contribution in [3.8, 4) is 11.4 Å². The number of nitrogens with zero attached hydrogens (tertiary/aromatic N) is 2. The van der Waals surface area contributed by atoms with Crippen molar-refractivity contribution in [2.24, 2.45) is 0 Å². The summed E-state index contributed by atoms with van der Waals surface area (Å²) < 4.78 is 4.68. The molecular weight excluding hydrogens is 216 g/mol. The minimum atomic E-state index is -0.443. The summed E-state index contributed by atoms with van der Waals surface area (Å²) in [6.45, 7) is 1.78. The Kier molecular flexibility index (Phi) is 3.14. The third-order valence-electron chi connectivity index (χ3n) is 2.38. The van der Waals surface area contributed by atoms with E-state index in [1.807, 2.05) is 30.3 Å². The van der Waals surface area contributed by atoms with Gasteiger partial charge in [0.15, 0.2) is 11.5 Å². The molecule has 0 saturated carbocycles. The Labute approximate surface area is 99.3 Å². The van der Waals surface area contributed by atoms with Gasteiger partial charge >= 0.3 is 5.97 Å². The Morgan fingerprint density at radius 1 is 1.24 bits per heavy atom. The molecule has 4 nitrogen and oxygen atoms in total. The molecule has 1 heterocycles. The molecule has 4 heteroatoms. The largest absolute Gasteiger partial charge is 0.464 e. The van der Waals surface area contributed by atoms with Crippen molar-refractivity contribution in [1.29, 1.82) is 0 Å². The SMILES string of the molecule is COC(=O)c1nc(-c2ccccc2)ncc1C. The standard InChI is InChI=1S/C13H12N2O2/c1-9-8-14-12(10-6-4-3-5-7-10)15-11(9)13(16)17-2/h3-8H,1-2H3. The van der Waals surface area contributed by atoms with E-state index in [1.165, 1.54) is 7.11 Å². The van der Waals surface area contributed by atoms with E-state index < -0.39 is 5.97 Å². The molecule has 0 fully saturated rings. The van der Waals surface area contributed by atoms with Gasteiger partial charge in [-0.25, -0.2) is 14.8 Å². The van der Waals surface area contributed by atoms with Crippen LogP contribution in [0.25, 0.3) is 11.4 Å². The van der Waals surface area contributed by atoms with Crippen LogP contribution in [0.3, 0.4) is 0 Å². The van der Waals surface area contributed by atoms with Gasteiger partial charge in [0.05, 0.1) is 7.11 Å². The second kappa shape index (κ2) is 4.74. The number of methoxy groups -OCH3 is 1. The first-order valence-corrected chi connectivity index (χ1v) is 5.19. The monoisotopic (exact) mass is 228 g/mol. The first kappa shape index (κ1) is 11.3. The van der Waals surface area contributed by atoms with E-state index in [-0.39, 0.29) is 0 Å². The molecule has 2 rings (SSSR count). The molecule has 0 spiro atoms. The molecule has 1 aromatic heterocycles. The molecule has 0 radical (unpaired) electrons. The van der Waals surface area contributed by atoms with Gasteiger partial charge in [0, 0.05) is 17.3 Å². The maximum Gasteiger partial charge on any atom is 0.357 e. The highest BCUT2D eigenvalue weighted by atomic mass is 16.5. The molecule has 0 aliphatic carbocycles. The smallest absolute Gasteiger partial charge is 0.357 e. The lowest BCUT2D eigenvalue weighted by atomic mass is 10.2. The number of rotatable bonds is 2. The van der Waals surface area contributed by atoms with Gasteiger partial charge in [0.1, 0.15) is 0 Å². The van der Waals surface area contributed by atoms with E-state index in [0.29, 0.717) is 17.1 Å². The summed E-state index contributed by atoms with van der Waals surface area (Å²) in [6.07, 6.45) is 1.63. The number of esters is 1. The summed E-state index contributed by atoms with van der Waals surface area (Å²) in [6, 6.07) is 9.50. The lowest BCUT2D eigenvalue weighted by Crippen LogP contribution is -2.08. The van der Waals surface area contributed by atoms with Gasteiger partial charge < -0.3 is 4.74 Å². The van der Waals surface area contributed by atoms with E-state index in [2.05, 4.69) is 14.7 Å². The number of carbonyl (C=O) groups excluding carboxylic acids is 1. The normalized spacial score (nSPS) is 10.0. The van der Waals surface area contributed by atoms with Gasteiger partial charge in [-0.2, -0.15) is 0 Å². The van der Waals surface area contributed by atoms with Crippen molar-refractivity contribution in [2.45, 2.75) is 6.92 Å². The van der Waals surface area contributed by atoms with Crippen LogP contribution in [-0.4, -0.2) is 23.0 Å². The van der Waals surface area contributed by atoms with Crippen molar-refractivity contribution in [3.05, 3.63) is 47.8 Å². The van der Waals surface area contributed by atoms with Crippen molar-refractivity contribution >= 4 is 5.97 Å². The summed E-state index contributed by atoms with van der Waals surface area (Å²) in [5, 5.41) is 0. The molecule has 0 atom stereocenters. The van der Waals surface area contributed by atoms with Crippen molar-refractivity contribution in [1.82, 2.24) is 9.97 Å². The predicted octanol–water partition coefficient (Wildman–Crippen LogP) is 2.24. The second-order valence-corrected chi connectivity index (χ2v) is 3.58. The topological polar surface area (TPSA) is 52.1 Å². The fraction of sp³-hybridized carbons (Fsp3) is 0.154. The predicted molar refractivity (Wildman–Crippen MR) is 63.5 cm³/mol. The summed E-state index contributed by atoms with van der Waals surface area (Å²) in [5.41, 5.74) is 1.88. The Hall–Kier alpha value is -2.23. The molecule has 0 saturated heterocycles. The van der Waals surface area contributed by atoms with E-state index in [9.17, 15) is 4.79 Å². The van der Waals surface area contributed by atoms with Crippen molar-refractivity contribution in [2.75, 3.05) is 7.11 Å². The quantitative estimate of drug-likeness (QED) is 0.740. The number of aryl methyl sites for hydroxylation is 1. The van der Waals surface area contributed by atoms with Crippen molar-refractivity contribution in [3.63, 3.8) is 0 Å². The first-order valence-electron chi connectivity index (χ1n) is 5.19. The van der Waals surface area contributed by atoms with Crippen LogP contribution >= 0.6 is 0 Å². The highest BCUT2D eigenvalue weighted by Gasteiger charge is 2.13. The maximum atomic E-state index is 11.5. The fourth-order valence-corrected chi connectivity index (χ4v) is 1.47. The summed E-state index contributed by atoms with van der Waals surface area (Å²) in [4.78, 5) is 19.9. The van der Waals surface area contributed by atoms with Gasteiger partial charge in [-0.05, 0) is 6.92 Å². The molecule has 2 aromatic rings. The molecule has 0 aliphatic heterocycles. The molecular formula is C13H12N2O2. The molecule has 0 N–H and O–H groups in total. The van der Waals surface area contributed by atoms with Crippen LogP contribution in [0.4, 0.5) is 0 Å². The van der Waals surface area contributed by atoms with Gasteiger partial charge in [-0.1, -0.05) is 30.3 Å². The fourth-order valence-electron chi connectivity index (χ4n) is 1.47. The number of aromatic nitrogens is 2. The molecule has 86 valence electrons. The Morgan fingerprint density at radius 2 is 1.94 bits per heavy atom. The highest BCUT2D eigenvalue weighted by Crippen LogP contribution is 2.15. The molecule has 0 aliphatic rings. The van der Waals surface area contributed by atoms with Gasteiger partial charge in [0.2, 0.25) is 0 Å². The van der Waals surface area contributed by atoms with Crippen LogP contribution in [0, 0.1) is 6.92 Å². The summed E-state index contributed by atoms with van der Waals surface area (Å²) in [5.74, 6) is 0.0821. The van der Waals surface area contributed by atoms with Crippen LogP contribution in [0.1, 0.15) is 16.1 Å². The minimum absolute atomic E-state index is 0.307. The lowest BCUT2D eigenvalue weighted by molar-refractivity contribution is 0.0593. The molecule has 0 amide bonds. The minimum Gasteiger partial charge on any atom is -0.464 e. The average Bonchev–Trinajstić information content (AvgIpc) is 2.39. The zero-order chi connectivity index (χ0) is 12.3. The number of benzene rings is 1. The van der Waals surface area contributed by atoms with Gasteiger partial charge in [-0.15, -0.1) is 0 Å². The van der Waals surface area contributed by atoms with Crippen LogP contribution in [-0.2, 0) is 4.74 Å². The third-order valence-corrected chi connectivity index (χ3v) is 2.38. The zero-order valence-corrected chi connectivity index (χ0v) is 9.68. The number of ether oxygens (including phenoxy) is 1. The molecule has 0 bridgehead atoms. The number of carbonyl (C=O) groups is 1. The van der Waals surface area contributed by atoms with Gasteiger partial charge in [0.25, 0.3) is 0 Å². The van der Waals surface area contributed by atoms with E-state index in [0.717, 1.165) is 5.56 Å². The second-order valence-electron chi connectivity index (χ2n) is 3.58. The van der Waals surface area contributed by atoms with E-state index >= 15 is 0 Å². The van der Waals surface area contributed by atoms with Crippen LogP contribution < -0.4 is 0 Å². The van der Waals surface area contributed by atoms with Crippen LogP contribution in [0.15, 0.2) is 36.5 Å². The number of hydrogen-bond acceptors (Lipinski definition) is 4. The molecule has 0 unspecified atom stereocenters. The molecule has 17 heavy (non-hydrogen) atoms. The van der Waals surface area contributed by atoms with Crippen LogP contribution in [0.5, 0.6) is 0 Å². The average molecular weight is 228 g/mol. The zero-order valence-electron chi connectivity index (χ0n) is 9.68. The Balaban J connectivity index is 2.48. The van der Waals surface area contributed by atoms with Crippen LogP contribution in [0.2, 0.25) is 0 Å². The first-order chi connectivity index (χ1) is 8.22. The molecule has 1 aromatic carbocycles. The van der Waals surface area contributed by atoms with E-state index in [1.54, 1.807) is 13.1 Å². The summed E-state index contributed by atoms with van der Waals surface area (Å²) in [7, 11) is 1.34. The Bertz CT molecular complexity index is 538. The third kappa shape index (κ3) is 2.30. The van der Waals surface area contributed by atoms with Crippen molar-refractivity contribution < 1.29 is 9.53 Å². The maximum absolute atomic E-state index is 11.5. The van der Waals surface area contributed by atoms with E-state index in [4.69, 9.17) is 0 Å². The van der Waals surface area contributed by atoms with Gasteiger partial charge in [-0.3, -0.25) is 0 Å². The number of hydrogen-bond donors (Lipinski definition) is 0. The lowest BCUT2D eigenvalue weighted by Gasteiger charge is -2.05. The summed E-state index contributed by atoms with van der Waals surface area (Å²) >= 11 is 0. The highest BCUT2D eigenvalue weighted by molar-refractivity contribution is 5.89.